The van der Waals surface area contributed by atoms with Crippen molar-refractivity contribution < 1.29 is 15.3 Å². The molecule has 0 radical (unpaired) electrons. The molecule has 260 valence electrons. The summed E-state index contributed by atoms with van der Waals surface area (Å²) in [5, 5.41) is 36.2. The average Bonchev–Trinajstić information content (AvgIpc) is 3.00. The van der Waals surface area contributed by atoms with Gasteiger partial charge in [-0.2, -0.15) is 0 Å². The van der Waals surface area contributed by atoms with Gasteiger partial charge in [-0.15, -0.1) is 0 Å². The van der Waals surface area contributed by atoms with Gasteiger partial charge in [-0.1, -0.05) is 181 Å². The fourth-order valence-corrected chi connectivity index (χ4v) is 6.29. The normalized spacial score (nSPS) is 13.4. The molecule has 0 spiro atoms. The lowest BCUT2D eigenvalue weighted by atomic mass is 10.0. The monoisotopic (exact) mass is 613 g/mol. The Morgan fingerprint density at radius 3 is 0.977 bits per heavy atom. The second-order valence-corrected chi connectivity index (χ2v) is 13.6. The molecule has 0 aliphatic carbocycles. The standard InChI is InChI=1S/C38H80N2O3/c1-4-7-10-13-16-19-20-23-26-29-32-39(35-37(42)30-27-24-21-17-14-11-8-5-2)40(33-34-41)36-38(43)31-28-25-22-18-15-12-9-6-3/h37-38,41-43H,4-36H2,1-3H3. The Kier molecular flexibility index (Phi) is 34.5. The van der Waals surface area contributed by atoms with Crippen LogP contribution in [0, 0.1) is 0 Å². The number of hydrogen-bond acceptors (Lipinski definition) is 5. The first-order chi connectivity index (χ1) is 21.1. The van der Waals surface area contributed by atoms with E-state index in [0.29, 0.717) is 19.6 Å². The van der Waals surface area contributed by atoms with Crippen LogP contribution in [0.3, 0.4) is 0 Å². The Morgan fingerprint density at radius 1 is 0.372 bits per heavy atom. The van der Waals surface area contributed by atoms with E-state index in [2.05, 4.69) is 30.8 Å². The quantitative estimate of drug-likeness (QED) is 0.0485. The molecule has 0 fully saturated rings. The number of unbranched alkanes of at least 4 members (excludes halogenated alkanes) is 23. The van der Waals surface area contributed by atoms with Crippen molar-refractivity contribution in [3.8, 4) is 0 Å². The van der Waals surface area contributed by atoms with Crippen molar-refractivity contribution in [3.63, 3.8) is 0 Å². The molecule has 2 atom stereocenters. The number of aliphatic hydroxyl groups excluding tert-OH is 3. The van der Waals surface area contributed by atoms with Crippen LogP contribution >= 0.6 is 0 Å². The van der Waals surface area contributed by atoms with Crippen molar-refractivity contribution in [2.24, 2.45) is 0 Å². The van der Waals surface area contributed by atoms with Gasteiger partial charge in [0, 0.05) is 26.2 Å². The Balaban J connectivity index is 4.64. The van der Waals surface area contributed by atoms with Crippen LogP contribution in [0.15, 0.2) is 0 Å². The van der Waals surface area contributed by atoms with E-state index in [1.807, 2.05) is 0 Å². The maximum absolute atomic E-state index is 11.0. The second-order valence-electron chi connectivity index (χ2n) is 13.6. The number of rotatable bonds is 36. The van der Waals surface area contributed by atoms with Crippen molar-refractivity contribution in [3.05, 3.63) is 0 Å². The molecular weight excluding hydrogens is 532 g/mol. The molecule has 0 aliphatic heterocycles. The van der Waals surface area contributed by atoms with E-state index in [1.54, 1.807) is 0 Å². The molecule has 3 N–H and O–H groups in total. The minimum absolute atomic E-state index is 0.0765. The molecule has 0 saturated carbocycles. The summed E-state index contributed by atoms with van der Waals surface area (Å²) in [6, 6.07) is 0. The lowest BCUT2D eigenvalue weighted by molar-refractivity contribution is -0.0840. The van der Waals surface area contributed by atoms with Gasteiger partial charge in [-0.3, -0.25) is 0 Å². The highest BCUT2D eigenvalue weighted by molar-refractivity contribution is 4.69. The largest absolute Gasteiger partial charge is 0.395 e. The lowest BCUT2D eigenvalue weighted by Crippen LogP contribution is -2.50. The van der Waals surface area contributed by atoms with Crippen molar-refractivity contribution in [1.82, 2.24) is 10.0 Å². The molecule has 0 aliphatic rings. The first-order valence-electron chi connectivity index (χ1n) is 19.6. The van der Waals surface area contributed by atoms with E-state index in [9.17, 15) is 15.3 Å². The SMILES string of the molecule is CCCCCCCCCCCCN(CC(O)CCCCCCCCCC)N(CCO)CC(O)CCCCCCCCCC. The minimum atomic E-state index is -0.383. The van der Waals surface area contributed by atoms with Crippen molar-refractivity contribution in [2.75, 3.05) is 32.8 Å². The third kappa shape index (κ3) is 30.2. The van der Waals surface area contributed by atoms with Gasteiger partial charge in [-0.05, 0) is 19.3 Å². The molecule has 0 saturated heterocycles. The average molecular weight is 613 g/mol. The maximum atomic E-state index is 11.0. The zero-order chi connectivity index (χ0) is 31.6. The summed E-state index contributed by atoms with van der Waals surface area (Å²) in [6.45, 7) is 9.47. The fraction of sp³-hybridized carbons (Fsp3) is 1.00. The number of hydrazine groups is 1. The Bertz CT molecular complexity index is 521. The van der Waals surface area contributed by atoms with Gasteiger partial charge >= 0.3 is 0 Å². The van der Waals surface area contributed by atoms with Gasteiger partial charge in [0.2, 0.25) is 0 Å². The van der Waals surface area contributed by atoms with Gasteiger partial charge in [0.25, 0.3) is 0 Å². The predicted molar refractivity (Wildman–Crippen MR) is 189 cm³/mol. The summed E-state index contributed by atoms with van der Waals surface area (Å²) >= 11 is 0. The topological polar surface area (TPSA) is 67.2 Å². The van der Waals surface area contributed by atoms with E-state index in [0.717, 1.165) is 38.6 Å². The predicted octanol–water partition coefficient (Wildman–Crippen LogP) is 10.2. The van der Waals surface area contributed by atoms with E-state index < -0.39 is 0 Å². The van der Waals surface area contributed by atoms with Crippen LogP contribution in [0.5, 0.6) is 0 Å². The molecule has 0 bridgehead atoms. The van der Waals surface area contributed by atoms with Crippen LogP contribution in [0.4, 0.5) is 0 Å². The molecule has 0 rings (SSSR count). The molecule has 5 heteroatoms. The Labute approximate surface area is 270 Å². The van der Waals surface area contributed by atoms with Gasteiger partial charge in [0.15, 0.2) is 0 Å². The van der Waals surface area contributed by atoms with Gasteiger partial charge in [0.05, 0.1) is 18.8 Å². The Morgan fingerprint density at radius 2 is 0.651 bits per heavy atom. The van der Waals surface area contributed by atoms with Crippen LogP contribution in [0.2, 0.25) is 0 Å². The number of hydrogen-bond donors (Lipinski definition) is 3. The molecule has 0 amide bonds. The third-order valence-corrected chi connectivity index (χ3v) is 9.15. The second kappa shape index (κ2) is 34.7. The zero-order valence-corrected chi connectivity index (χ0v) is 29.7. The molecule has 0 aromatic carbocycles. The molecule has 5 nitrogen and oxygen atoms in total. The first kappa shape index (κ1) is 42.8. The maximum Gasteiger partial charge on any atom is 0.0681 e. The van der Waals surface area contributed by atoms with Crippen molar-refractivity contribution in [2.45, 2.75) is 213 Å². The van der Waals surface area contributed by atoms with Crippen molar-refractivity contribution in [1.29, 1.82) is 0 Å². The van der Waals surface area contributed by atoms with E-state index in [1.165, 1.54) is 148 Å². The number of aliphatic hydroxyl groups is 3. The summed E-state index contributed by atoms with van der Waals surface area (Å²) in [5.41, 5.74) is 0. The van der Waals surface area contributed by atoms with Crippen LogP contribution in [0.1, 0.15) is 201 Å². The van der Waals surface area contributed by atoms with Crippen LogP contribution in [-0.4, -0.2) is 70.3 Å². The van der Waals surface area contributed by atoms with Crippen LogP contribution < -0.4 is 0 Å². The summed E-state index contributed by atoms with van der Waals surface area (Å²) < 4.78 is 0. The smallest absolute Gasteiger partial charge is 0.0681 e. The number of nitrogens with zero attached hydrogens (tertiary/aromatic N) is 2. The third-order valence-electron chi connectivity index (χ3n) is 9.15. The molecule has 43 heavy (non-hydrogen) atoms. The highest BCUT2D eigenvalue weighted by Gasteiger charge is 2.21. The summed E-state index contributed by atoms with van der Waals surface area (Å²) in [5.74, 6) is 0. The zero-order valence-electron chi connectivity index (χ0n) is 29.7. The molecule has 2 unspecified atom stereocenters. The lowest BCUT2D eigenvalue weighted by Gasteiger charge is -2.37. The Hall–Kier alpha value is -0.200. The van der Waals surface area contributed by atoms with E-state index >= 15 is 0 Å². The van der Waals surface area contributed by atoms with E-state index in [4.69, 9.17) is 0 Å². The molecule has 0 heterocycles. The highest BCUT2D eigenvalue weighted by Crippen LogP contribution is 2.16. The summed E-state index contributed by atoms with van der Waals surface area (Å²) in [7, 11) is 0. The molecule has 0 aromatic heterocycles. The first-order valence-corrected chi connectivity index (χ1v) is 19.6. The van der Waals surface area contributed by atoms with Crippen LogP contribution in [0.25, 0.3) is 0 Å². The fourth-order valence-electron chi connectivity index (χ4n) is 6.29. The van der Waals surface area contributed by atoms with Gasteiger partial charge < -0.3 is 15.3 Å². The highest BCUT2D eigenvalue weighted by atomic mass is 16.3. The summed E-state index contributed by atoms with van der Waals surface area (Å²) in [6.07, 6.45) is 34.5. The van der Waals surface area contributed by atoms with Crippen molar-refractivity contribution >= 4 is 0 Å². The summed E-state index contributed by atoms with van der Waals surface area (Å²) in [4.78, 5) is 0. The minimum Gasteiger partial charge on any atom is -0.395 e. The van der Waals surface area contributed by atoms with Gasteiger partial charge in [-0.25, -0.2) is 10.0 Å². The molecular formula is C38H80N2O3. The van der Waals surface area contributed by atoms with Crippen LogP contribution in [-0.2, 0) is 0 Å². The van der Waals surface area contributed by atoms with E-state index in [-0.39, 0.29) is 18.8 Å². The molecule has 0 aromatic rings. The van der Waals surface area contributed by atoms with Gasteiger partial charge in [0.1, 0.15) is 0 Å².